The van der Waals surface area contributed by atoms with Crippen LogP contribution in [0.2, 0.25) is 0 Å². The average Bonchev–Trinajstić information content (AvgIpc) is 2.66. The number of esters is 1. The predicted octanol–water partition coefficient (Wildman–Crippen LogP) is 2.60. The Labute approximate surface area is 157 Å². The van der Waals surface area contributed by atoms with Gasteiger partial charge < -0.3 is 14.2 Å². The Bertz CT molecular complexity index is 916. The van der Waals surface area contributed by atoms with E-state index in [1.54, 1.807) is 19.1 Å². The fourth-order valence-electron chi connectivity index (χ4n) is 2.34. The van der Waals surface area contributed by atoms with E-state index in [0.717, 1.165) is 10.4 Å². The number of nitrogens with zero attached hydrogens (tertiary/aromatic N) is 1. The lowest BCUT2D eigenvalue weighted by Gasteiger charge is -2.24. The van der Waals surface area contributed by atoms with Crippen molar-refractivity contribution in [1.82, 2.24) is 0 Å². The summed E-state index contributed by atoms with van der Waals surface area (Å²) in [7, 11) is -1.55. The summed E-state index contributed by atoms with van der Waals surface area (Å²) in [6.45, 7) is 1.14. The number of benzene rings is 2. The smallest absolute Gasteiger partial charge is 0.326 e. The summed E-state index contributed by atoms with van der Waals surface area (Å²) in [6, 6.07) is 9.41. The van der Waals surface area contributed by atoms with Crippen LogP contribution in [0, 0.1) is 5.82 Å². The second-order valence-corrected chi connectivity index (χ2v) is 7.18. The van der Waals surface area contributed by atoms with Crippen molar-refractivity contribution < 1.29 is 31.8 Å². The van der Waals surface area contributed by atoms with E-state index in [0.29, 0.717) is 5.75 Å². The second-order valence-electron chi connectivity index (χ2n) is 5.31. The van der Waals surface area contributed by atoms with E-state index < -0.39 is 28.4 Å². The van der Waals surface area contributed by atoms with Gasteiger partial charge in [-0.3, -0.25) is 9.10 Å². The molecule has 2 aromatic rings. The first-order valence-electron chi connectivity index (χ1n) is 7.99. The predicted molar refractivity (Wildman–Crippen MR) is 97.1 cm³/mol. The standard InChI is InChI=1S/C18H20FNO6S/c1-4-26-18(21)12-20(13-6-5-7-14(10-13)24-2)27(22,23)15-8-9-17(25-3)16(19)11-15/h5-11H,4,12H2,1-3H3. The van der Waals surface area contributed by atoms with E-state index in [1.165, 1.54) is 38.5 Å². The van der Waals surface area contributed by atoms with Crippen molar-refractivity contribution in [2.75, 3.05) is 31.7 Å². The minimum absolute atomic E-state index is 0.0905. The van der Waals surface area contributed by atoms with Crippen LogP contribution in [0.4, 0.5) is 10.1 Å². The minimum Gasteiger partial charge on any atom is -0.497 e. The molecule has 0 radical (unpaired) electrons. The zero-order valence-electron chi connectivity index (χ0n) is 15.1. The van der Waals surface area contributed by atoms with Crippen LogP contribution in [0.25, 0.3) is 0 Å². The van der Waals surface area contributed by atoms with Crippen molar-refractivity contribution in [3.05, 3.63) is 48.3 Å². The van der Waals surface area contributed by atoms with E-state index in [9.17, 15) is 17.6 Å². The summed E-state index contributed by atoms with van der Waals surface area (Å²) in [5, 5.41) is 0. The van der Waals surface area contributed by atoms with Gasteiger partial charge in [-0.2, -0.15) is 0 Å². The third-order valence-electron chi connectivity index (χ3n) is 3.63. The average molecular weight is 397 g/mol. The van der Waals surface area contributed by atoms with E-state index in [1.807, 2.05) is 0 Å². The molecule has 0 aromatic heterocycles. The Hall–Kier alpha value is -2.81. The lowest BCUT2D eigenvalue weighted by Crippen LogP contribution is -2.36. The Morgan fingerprint density at radius 1 is 1.11 bits per heavy atom. The first-order valence-corrected chi connectivity index (χ1v) is 9.43. The topological polar surface area (TPSA) is 82.1 Å². The number of carbonyl (C=O) groups excluding carboxylic acids is 1. The summed E-state index contributed by atoms with van der Waals surface area (Å²) in [4.78, 5) is 11.6. The fourth-order valence-corrected chi connectivity index (χ4v) is 3.75. The summed E-state index contributed by atoms with van der Waals surface area (Å²) in [5.41, 5.74) is 0.179. The van der Waals surface area contributed by atoms with Crippen LogP contribution in [0.3, 0.4) is 0 Å². The highest BCUT2D eigenvalue weighted by atomic mass is 32.2. The molecule has 0 unspecified atom stereocenters. The third kappa shape index (κ3) is 4.68. The highest BCUT2D eigenvalue weighted by molar-refractivity contribution is 7.92. The molecule has 0 saturated heterocycles. The number of methoxy groups -OCH3 is 2. The molecule has 146 valence electrons. The molecule has 2 aromatic carbocycles. The van der Waals surface area contributed by atoms with Crippen LogP contribution < -0.4 is 13.8 Å². The van der Waals surface area contributed by atoms with Gasteiger partial charge in [0.05, 0.1) is 31.4 Å². The molecule has 0 spiro atoms. The lowest BCUT2D eigenvalue weighted by molar-refractivity contribution is -0.141. The quantitative estimate of drug-likeness (QED) is 0.637. The molecule has 0 bridgehead atoms. The first kappa shape index (κ1) is 20.5. The Morgan fingerprint density at radius 3 is 2.44 bits per heavy atom. The monoisotopic (exact) mass is 397 g/mol. The van der Waals surface area contributed by atoms with Crippen molar-refractivity contribution >= 4 is 21.7 Å². The number of hydrogen-bond donors (Lipinski definition) is 0. The molecule has 0 N–H and O–H groups in total. The van der Waals surface area contributed by atoms with E-state index in [4.69, 9.17) is 14.2 Å². The van der Waals surface area contributed by atoms with Gasteiger partial charge in [-0.05, 0) is 37.3 Å². The minimum atomic E-state index is -4.26. The van der Waals surface area contributed by atoms with Crippen LogP contribution in [-0.4, -0.2) is 41.8 Å². The number of hydrogen-bond acceptors (Lipinski definition) is 6. The Balaban J connectivity index is 2.53. The fraction of sp³-hybridized carbons (Fsp3) is 0.278. The molecule has 0 heterocycles. The number of anilines is 1. The molecule has 0 fully saturated rings. The maximum atomic E-state index is 14.0. The van der Waals surface area contributed by atoms with Crippen molar-refractivity contribution in [1.29, 1.82) is 0 Å². The van der Waals surface area contributed by atoms with Crippen molar-refractivity contribution in [2.45, 2.75) is 11.8 Å². The molecule has 0 saturated carbocycles. The van der Waals surface area contributed by atoms with Crippen LogP contribution in [-0.2, 0) is 19.6 Å². The summed E-state index contributed by atoms with van der Waals surface area (Å²) in [5.74, 6) is -1.26. The second kappa shape index (κ2) is 8.72. The molecule has 27 heavy (non-hydrogen) atoms. The Kier molecular flexibility index (Phi) is 6.62. The zero-order chi connectivity index (χ0) is 20.0. The summed E-state index contributed by atoms with van der Waals surface area (Å²) < 4.78 is 55.9. The maximum absolute atomic E-state index is 14.0. The summed E-state index contributed by atoms with van der Waals surface area (Å²) in [6.07, 6.45) is 0. The van der Waals surface area contributed by atoms with Gasteiger partial charge in [-0.25, -0.2) is 12.8 Å². The zero-order valence-corrected chi connectivity index (χ0v) is 16.0. The molecule has 0 atom stereocenters. The van der Waals surface area contributed by atoms with Crippen molar-refractivity contribution in [2.24, 2.45) is 0 Å². The molecule has 2 rings (SSSR count). The van der Waals surface area contributed by atoms with Gasteiger partial charge in [0.1, 0.15) is 12.3 Å². The van der Waals surface area contributed by atoms with E-state index >= 15 is 0 Å². The first-order chi connectivity index (χ1) is 12.8. The van der Waals surface area contributed by atoms with Crippen LogP contribution >= 0.6 is 0 Å². The number of ether oxygens (including phenoxy) is 3. The number of rotatable bonds is 8. The molecule has 0 aliphatic heterocycles. The van der Waals surface area contributed by atoms with Gasteiger partial charge in [-0.1, -0.05) is 6.07 Å². The van der Waals surface area contributed by atoms with Gasteiger partial charge in [0, 0.05) is 6.07 Å². The van der Waals surface area contributed by atoms with Crippen molar-refractivity contribution in [3.63, 3.8) is 0 Å². The lowest BCUT2D eigenvalue weighted by atomic mass is 10.3. The summed E-state index contributed by atoms with van der Waals surface area (Å²) >= 11 is 0. The highest BCUT2D eigenvalue weighted by Crippen LogP contribution is 2.29. The van der Waals surface area contributed by atoms with Crippen LogP contribution in [0.1, 0.15) is 6.92 Å². The molecular weight excluding hydrogens is 377 g/mol. The maximum Gasteiger partial charge on any atom is 0.326 e. The normalized spacial score (nSPS) is 11.0. The number of halogens is 1. The van der Waals surface area contributed by atoms with Gasteiger partial charge in [0.2, 0.25) is 0 Å². The Morgan fingerprint density at radius 2 is 1.85 bits per heavy atom. The highest BCUT2D eigenvalue weighted by Gasteiger charge is 2.29. The molecule has 0 aliphatic carbocycles. The molecule has 0 amide bonds. The molecular formula is C18H20FNO6S. The largest absolute Gasteiger partial charge is 0.497 e. The molecule has 0 aliphatic rings. The van der Waals surface area contributed by atoms with Gasteiger partial charge in [0.25, 0.3) is 10.0 Å². The van der Waals surface area contributed by atoms with Crippen molar-refractivity contribution in [3.8, 4) is 11.5 Å². The van der Waals surface area contributed by atoms with Gasteiger partial charge in [-0.15, -0.1) is 0 Å². The van der Waals surface area contributed by atoms with Gasteiger partial charge >= 0.3 is 5.97 Å². The van der Waals surface area contributed by atoms with Gasteiger partial charge in [0.15, 0.2) is 11.6 Å². The van der Waals surface area contributed by atoms with E-state index in [-0.39, 0.29) is 22.9 Å². The van der Waals surface area contributed by atoms with Crippen LogP contribution in [0.15, 0.2) is 47.4 Å². The number of sulfonamides is 1. The third-order valence-corrected chi connectivity index (χ3v) is 5.40. The van der Waals surface area contributed by atoms with E-state index in [2.05, 4.69) is 0 Å². The van der Waals surface area contributed by atoms with Crippen LogP contribution in [0.5, 0.6) is 11.5 Å². The molecule has 7 nitrogen and oxygen atoms in total. The molecule has 9 heteroatoms. The number of carbonyl (C=O) groups is 1. The SMILES string of the molecule is CCOC(=O)CN(c1cccc(OC)c1)S(=O)(=O)c1ccc(OC)c(F)c1.